The second-order valence-corrected chi connectivity index (χ2v) is 7.32. The van der Waals surface area contributed by atoms with Crippen LogP contribution in [0.15, 0.2) is 48.5 Å². The minimum absolute atomic E-state index is 0.0834. The van der Waals surface area contributed by atoms with Crippen molar-refractivity contribution in [3.63, 3.8) is 0 Å². The number of amides is 1. The molecule has 3 N–H and O–H groups in total. The number of carbonyl (C=O) groups excluding carboxylic acids is 1. The smallest absolute Gasteiger partial charge is 0.267 e. The van der Waals surface area contributed by atoms with Crippen LogP contribution in [0.3, 0.4) is 0 Å². The molecule has 2 aromatic rings. The lowest BCUT2D eigenvalue weighted by Gasteiger charge is -2.29. The van der Waals surface area contributed by atoms with E-state index < -0.39 is 5.91 Å². The third kappa shape index (κ3) is 5.81. The predicted molar refractivity (Wildman–Crippen MR) is 112 cm³/mol. The van der Waals surface area contributed by atoms with Crippen molar-refractivity contribution in [2.24, 2.45) is 0 Å². The van der Waals surface area contributed by atoms with Crippen molar-refractivity contribution in [2.45, 2.75) is 18.9 Å². The molecule has 0 heterocycles. The Morgan fingerprint density at radius 2 is 2.14 bits per heavy atom. The van der Waals surface area contributed by atoms with Gasteiger partial charge < -0.3 is 9.84 Å². The number of hydrogen-bond donors (Lipinski definition) is 3. The highest BCUT2D eigenvalue weighted by Gasteiger charge is 2.27. The highest BCUT2D eigenvalue weighted by Crippen LogP contribution is 2.36. The Bertz CT molecular complexity index is 872. The van der Waals surface area contributed by atoms with E-state index >= 15 is 0 Å². The molecule has 1 aliphatic carbocycles. The molecule has 7 heteroatoms. The molecule has 0 bridgehead atoms. The van der Waals surface area contributed by atoms with Crippen LogP contribution < -0.4 is 10.2 Å². The molecule has 2 aromatic carbocycles. The van der Waals surface area contributed by atoms with E-state index in [1.807, 2.05) is 24.3 Å². The van der Waals surface area contributed by atoms with Gasteiger partial charge in [-0.1, -0.05) is 35.9 Å². The number of benzene rings is 2. The summed E-state index contributed by atoms with van der Waals surface area (Å²) in [6.07, 6.45) is 4.87. The number of aliphatic hydroxyl groups excluding tert-OH is 1. The summed E-state index contributed by atoms with van der Waals surface area (Å²) in [5.41, 5.74) is 4.97. The first kappa shape index (κ1) is 21.3. The third-order valence-corrected chi connectivity index (χ3v) is 5.26. The molecule has 1 unspecified atom stereocenters. The molecule has 6 nitrogen and oxygen atoms in total. The average molecular weight is 417 g/mol. The number of rotatable bonds is 9. The van der Waals surface area contributed by atoms with E-state index in [0.29, 0.717) is 24.7 Å². The Hall–Kier alpha value is -2.38. The monoisotopic (exact) mass is 416 g/mol. The van der Waals surface area contributed by atoms with E-state index in [4.69, 9.17) is 21.5 Å². The summed E-state index contributed by atoms with van der Waals surface area (Å²) in [5.74, 6) is 0.175. The van der Waals surface area contributed by atoms with E-state index in [9.17, 15) is 9.90 Å². The van der Waals surface area contributed by atoms with Crippen LogP contribution in [-0.2, 0) is 11.2 Å². The number of nitrogens with one attached hydrogen (secondary N) is 1. The van der Waals surface area contributed by atoms with Gasteiger partial charge in [0.2, 0.25) is 0 Å². The normalized spacial score (nSPS) is 15.7. The fourth-order valence-corrected chi connectivity index (χ4v) is 3.88. The largest absolute Gasteiger partial charge is 0.492 e. The lowest BCUT2D eigenvalue weighted by Crippen LogP contribution is -2.34. The van der Waals surface area contributed by atoms with Crippen molar-refractivity contribution in [2.75, 3.05) is 26.3 Å². The van der Waals surface area contributed by atoms with Gasteiger partial charge in [0.15, 0.2) is 0 Å². The minimum atomic E-state index is -0.558. The van der Waals surface area contributed by atoms with Gasteiger partial charge in [0.05, 0.1) is 6.61 Å². The first-order chi connectivity index (χ1) is 14.1. The van der Waals surface area contributed by atoms with E-state index in [-0.39, 0.29) is 12.6 Å². The van der Waals surface area contributed by atoms with Crippen LogP contribution >= 0.6 is 11.6 Å². The van der Waals surface area contributed by atoms with Crippen molar-refractivity contribution in [1.82, 2.24) is 10.4 Å². The van der Waals surface area contributed by atoms with Gasteiger partial charge in [0, 0.05) is 30.2 Å². The number of hydrogen-bond acceptors (Lipinski definition) is 5. The van der Waals surface area contributed by atoms with Gasteiger partial charge in [-0.15, -0.1) is 0 Å². The molecule has 1 aliphatic rings. The van der Waals surface area contributed by atoms with Crippen LogP contribution in [0.25, 0.3) is 6.08 Å². The van der Waals surface area contributed by atoms with Crippen LogP contribution in [0.5, 0.6) is 5.75 Å². The highest BCUT2D eigenvalue weighted by atomic mass is 35.5. The fourth-order valence-electron chi connectivity index (χ4n) is 3.70. The number of hydroxylamine groups is 1. The second kappa shape index (κ2) is 10.4. The number of aliphatic hydroxyl groups is 1. The maximum atomic E-state index is 11.2. The fraction of sp³-hybridized carbons (Fsp3) is 0.318. The van der Waals surface area contributed by atoms with Gasteiger partial charge in [-0.2, -0.15) is 0 Å². The standard InChI is InChI=1S/C22H25ClN2O4/c23-18-2-1-3-19(15-18)29-13-11-25(10-12-26)21-8-6-17-14-16(4-7-20(17)21)5-9-22(27)24-28/h1-5,7,9,14-15,21,26,28H,6,8,10-13H2,(H,24,27)/b9-5+. The van der Waals surface area contributed by atoms with Crippen LogP contribution in [0.1, 0.15) is 29.2 Å². The van der Waals surface area contributed by atoms with Crippen molar-refractivity contribution in [3.8, 4) is 5.75 Å². The Morgan fingerprint density at radius 3 is 2.90 bits per heavy atom. The van der Waals surface area contributed by atoms with Gasteiger partial charge in [-0.05, 0) is 53.8 Å². The summed E-state index contributed by atoms with van der Waals surface area (Å²) in [4.78, 5) is 13.4. The number of carbonyl (C=O) groups is 1. The van der Waals surface area contributed by atoms with Crippen molar-refractivity contribution >= 4 is 23.6 Å². The number of fused-ring (bicyclic) bond motifs is 1. The molecule has 154 valence electrons. The van der Waals surface area contributed by atoms with E-state index in [1.54, 1.807) is 17.6 Å². The minimum Gasteiger partial charge on any atom is -0.492 e. The Kier molecular flexibility index (Phi) is 7.66. The SMILES string of the molecule is O=C(/C=C/c1ccc2c(c1)CCC2N(CCO)CCOc1cccc(Cl)c1)NO. The lowest BCUT2D eigenvalue weighted by atomic mass is 10.0. The van der Waals surface area contributed by atoms with Crippen LogP contribution in [0, 0.1) is 0 Å². The predicted octanol–water partition coefficient (Wildman–Crippen LogP) is 3.22. The molecule has 1 amide bonds. The van der Waals surface area contributed by atoms with Gasteiger partial charge in [0.25, 0.3) is 5.91 Å². The summed E-state index contributed by atoms with van der Waals surface area (Å²) < 4.78 is 5.82. The average Bonchev–Trinajstić information content (AvgIpc) is 3.14. The van der Waals surface area contributed by atoms with Crippen LogP contribution in [0.4, 0.5) is 0 Å². The highest BCUT2D eigenvalue weighted by molar-refractivity contribution is 6.30. The molecule has 0 saturated carbocycles. The molecule has 3 rings (SSSR count). The third-order valence-electron chi connectivity index (χ3n) is 5.02. The van der Waals surface area contributed by atoms with Gasteiger partial charge in [0.1, 0.15) is 12.4 Å². The summed E-state index contributed by atoms with van der Waals surface area (Å²) in [6.45, 7) is 1.85. The van der Waals surface area contributed by atoms with Crippen molar-refractivity contribution in [1.29, 1.82) is 0 Å². The molecular weight excluding hydrogens is 392 g/mol. The molecule has 0 aliphatic heterocycles. The van der Waals surface area contributed by atoms with Crippen LogP contribution in [0.2, 0.25) is 5.02 Å². The zero-order valence-electron chi connectivity index (χ0n) is 16.1. The molecule has 0 spiro atoms. The number of halogens is 1. The zero-order chi connectivity index (χ0) is 20.6. The number of ether oxygens (including phenoxy) is 1. The van der Waals surface area contributed by atoms with Crippen LogP contribution in [-0.4, -0.2) is 47.4 Å². The van der Waals surface area contributed by atoms with Gasteiger partial charge >= 0.3 is 0 Å². The molecule has 0 fully saturated rings. The van der Waals surface area contributed by atoms with E-state index in [0.717, 1.165) is 24.2 Å². The second-order valence-electron chi connectivity index (χ2n) is 6.89. The van der Waals surface area contributed by atoms with Crippen molar-refractivity contribution in [3.05, 3.63) is 70.3 Å². The van der Waals surface area contributed by atoms with E-state index in [2.05, 4.69) is 17.0 Å². The zero-order valence-corrected chi connectivity index (χ0v) is 16.8. The summed E-state index contributed by atoms with van der Waals surface area (Å²) in [5, 5.41) is 18.7. The maximum absolute atomic E-state index is 11.2. The maximum Gasteiger partial charge on any atom is 0.267 e. The molecule has 0 aromatic heterocycles. The molecule has 1 atom stereocenters. The number of aryl methyl sites for hydroxylation is 1. The molecule has 0 saturated heterocycles. The van der Waals surface area contributed by atoms with Gasteiger partial charge in [-0.25, -0.2) is 5.48 Å². The van der Waals surface area contributed by atoms with E-state index in [1.165, 1.54) is 17.2 Å². The summed E-state index contributed by atoms with van der Waals surface area (Å²) in [6, 6.07) is 13.6. The van der Waals surface area contributed by atoms with Crippen molar-refractivity contribution < 1.29 is 19.8 Å². The first-order valence-corrected chi connectivity index (χ1v) is 9.96. The Morgan fingerprint density at radius 1 is 1.28 bits per heavy atom. The molecule has 29 heavy (non-hydrogen) atoms. The Balaban J connectivity index is 1.65. The summed E-state index contributed by atoms with van der Waals surface area (Å²) in [7, 11) is 0. The first-order valence-electron chi connectivity index (χ1n) is 9.59. The molecule has 0 radical (unpaired) electrons. The van der Waals surface area contributed by atoms with Gasteiger partial charge in [-0.3, -0.25) is 14.9 Å². The quantitative estimate of drug-likeness (QED) is 0.332. The number of nitrogens with zero attached hydrogens (tertiary/aromatic N) is 1. The summed E-state index contributed by atoms with van der Waals surface area (Å²) >= 11 is 5.99. The lowest BCUT2D eigenvalue weighted by molar-refractivity contribution is -0.124. The Labute approximate surface area is 175 Å². The molecular formula is C22H25ClN2O4. The topological polar surface area (TPSA) is 82.0 Å².